The summed E-state index contributed by atoms with van der Waals surface area (Å²) in [5.74, 6) is -0.371. The average Bonchev–Trinajstić information content (AvgIpc) is 2.62. The Morgan fingerprint density at radius 1 is 1.15 bits per heavy atom. The first-order chi connectivity index (χ1) is 12.5. The van der Waals surface area contributed by atoms with Gasteiger partial charge in [0.1, 0.15) is 0 Å². The zero-order valence-electron chi connectivity index (χ0n) is 15.2. The van der Waals surface area contributed by atoms with Gasteiger partial charge >= 0.3 is 5.97 Å². The Kier molecular flexibility index (Phi) is 7.04. The van der Waals surface area contributed by atoms with Gasteiger partial charge in [-0.25, -0.2) is 14.8 Å². The lowest BCUT2D eigenvalue weighted by molar-refractivity contribution is 0.0527. The number of likely N-dealkylation sites (N-methyl/N-ethyl adjacent to an activating group) is 1. The molecule has 2 rings (SSSR count). The maximum atomic E-state index is 12.0. The molecule has 0 aliphatic rings. The number of benzene rings is 1. The van der Waals surface area contributed by atoms with Gasteiger partial charge in [-0.15, -0.1) is 0 Å². The minimum absolute atomic E-state index is 0.231. The summed E-state index contributed by atoms with van der Waals surface area (Å²) in [6, 6.07) is 6.93. The van der Waals surface area contributed by atoms with Crippen LogP contribution in [0.1, 0.15) is 27.6 Å². The summed E-state index contributed by atoms with van der Waals surface area (Å²) in [7, 11) is 3.87. The van der Waals surface area contributed by atoms with Crippen molar-refractivity contribution in [3.63, 3.8) is 0 Å². The van der Waals surface area contributed by atoms with E-state index in [0.717, 1.165) is 6.54 Å². The number of carbonyl (C=O) groups excluding carboxylic acids is 2. The van der Waals surface area contributed by atoms with Crippen LogP contribution in [0.3, 0.4) is 0 Å². The van der Waals surface area contributed by atoms with E-state index in [2.05, 4.69) is 20.6 Å². The molecule has 1 amide bonds. The van der Waals surface area contributed by atoms with Crippen LogP contribution in [0.5, 0.6) is 0 Å². The molecule has 0 radical (unpaired) electrons. The van der Waals surface area contributed by atoms with Gasteiger partial charge in [-0.3, -0.25) is 4.79 Å². The molecule has 0 atom stereocenters. The van der Waals surface area contributed by atoms with Crippen LogP contribution in [0.4, 0.5) is 11.6 Å². The van der Waals surface area contributed by atoms with Crippen LogP contribution in [-0.4, -0.2) is 60.5 Å². The molecule has 1 aromatic heterocycles. The van der Waals surface area contributed by atoms with Crippen molar-refractivity contribution in [3.05, 3.63) is 47.8 Å². The largest absolute Gasteiger partial charge is 0.462 e. The van der Waals surface area contributed by atoms with E-state index < -0.39 is 5.97 Å². The fourth-order valence-corrected chi connectivity index (χ4v) is 2.10. The third-order valence-electron chi connectivity index (χ3n) is 3.43. The van der Waals surface area contributed by atoms with E-state index in [-0.39, 0.29) is 11.9 Å². The predicted molar refractivity (Wildman–Crippen MR) is 98.6 cm³/mol. The Balaban J connectivity index is 2.04. The second-order valence-electron chi connectivity index (χ2n) is 5.75. The number of rotatable bonds is 8. The van der Waals surface area contributed by atoms with Crippen molar-refractivity contribution in [1.29, 1.82) is 0 Å². The van der Waals surface area contributed by atoms with Crippen molar-refractivity contribution in [1.82, 2.24) is 20.2 Å². The van der Waals surface area contributed by atoms with Crippen molar-refractivity contribution in [2.45, 2.75) is 6.92 Å². The molecule has 0 spiro atoms. The summed E-state index contributed by atoms with van der Waals surface area (Å²) < 4.78 is 5.04. The van der Waals surface area contributed by atoms with E-state index in [0.29, 0.717) is 30.0 Å². The molecule has 0 fully saturated rings. The van der Waals surface area contributed by atoms with Crippen molar-refractivity contribution in [3.8, 4) is 0 Å². The molecule has 0 aliphatic heterocycles. The SMILES string of the molecule is CCOC(=O)c1ccccc1Nc1ncc(C(=O)NCCN(C)C)cn1. The van der Waals surface area contributed by atoms with Crippen molar-refractivity contribution in [2.24, 2.45) is 0 Å². The van der Waals surface area contributed by atoms with Crippen molar-refractivity contribution in [2.75, 3.05) is 39.1 Å². The monoisotopic (exact) mass is 357 g/mol. The minimum Gasteiger partial charge on any atom is -0.462 e. The summed E-state index contributed by atoms with van der Waals surface area (Å²) in [5, 5.41) is 5.77. The number of aromatic nitrogens is 2. The Hall–Kier alpha value is -3.00. The fraction of sp³-hybridized carbons (Fsp3) is 0.333. The van der Waals surface area contributed by atoms with Gasteiger partial charge in [-0.05, 0) is 33.2 Å². The molecule has 26 heavy (non-hydrogen) atoms. The lowest BCUT2D eigenvalue weighted by Gasteiger charge is -2.11. The zero-order chi connectivity index (χ0) is 18.9. The third kappa shape index (κ3) is 5.52. The van der Waals surface area contributed by atoms with E-state index in [1.54, 1.807) is 31.2 Å². The second kappa shape index (κ2) is 9.47. The van der Waals surface area contributed by atoms with Crippen LogP contribution in [0.25, 0.3) is 0 Å². The van der Waals surface area contributed by atoms with Crippen LogP contribution in [-0.2, 0) is 4.74 Å². The van der Waals surface area contributed by atoms with Gasteiger partial charge in [0.2, 0.25) is 5.95 Å². The number of anilines is 2. The molecule has 0 bridgehead atoms. The van der Waals surface area contributed by atoms with Gasteiger partial charge < -0.3 is 20.3 Å². The maximum absolute atomic E-state index is 12.0. The first kappa shape index (κ1) is 19.3. The highest BCUT2D eigenvalue weighted by molar-refractivity contribution is 5.96. The van der Waals surface area contributed by atoms with Gasteiger partial charge in [0, 0.05) is 25.5 Å². The standard InChI is InChI=1S/C18H23N5O3/c1-4-26-17(25)14-7-5-6-8-15(14)22-18-20-11-13(12-21-18)16(24)19-9-10-23(2)3/h5-8,11-12H,4,9-10H2,1-3H3,(H,19,24)(H,20,21,22). The molecule has 0 saturated heterocycles. The first-order valence-corrected chi connectivity index (χ1v) is 8.29. The highest BCUT2D eigenvalue weighted by Gasteiger charge is 2.13. The normalized spacial score (nSPS) is 10.5. The quantitative estimate of drug-likeness (QED) is 0.694. The highest BCUT2D eigenvalue weighted by Crippen LogP contribution is 2.19. The third-order valence-corrected chi connectivity index (χ3v) is 3.43. The molecule has 2 aromatic rings. The number of para-hydroxylation sites is 1. The molecule has 8 heteroatoms. The molecule has 8 nitrogen and oxygen atoms in total. The molecule has 2 N–H and O–H groups in total. The minimum atomic E-state index is -0.424. The summed E-state index contributed by atoms with van der Waals surface area (Å²) >= 11 is 0. The molecular formula is C18H23N5O3. The van der Waals surface area contributed by atoms with Crippen LogP contribution in [0.2, 0.25) is 0 Å². The Morgan fingerprint density at radius 2 is 1.85 bits per heavy atom. The van der Waals surface area contributed by atoms with E-state index in [4.69, 9.17) is 4.74 Å². The van der Waals surface area contributed by atoms with Gasteiger partial charge in [0.05, 0.1) is 23.4 Å². The van der Waals surface area contributed by atoms with Crippen LogP contribution in [0, 0.1) is 0 Å². The fourth-order valence-electron chi connectivity index (χ4n) is 2.10. The Bertz CT molecular complexity index is 747. The summed E-state index contributed by atoms with van der Waals surface area (Å²) in [4.78, 5) is 34.3. The topological polar surface area (TPSA) is 96.4 Å². The van der Waals surface area contributed by atoms with E-state index in [1.807, 2.05) is 19.0 Å². The van der Waals surface area contributed by atoms with E-state index in [9.17, 15) is 9.59 Å². The summed E-state index contributed by atoms with van der Waals surface area (Å²) in [5.41, 5.74) is 1.30. The predicted octanol–water partition coefficient (Wildman–Crippen LogP) is 1.69. The van der Waals surface area contributed by atoms with Gasteiger partial charge in [-0.1, -0.05) is 12.1 Å². The van der Waals surface area contributed by atoms with Crippen LogP contribution in [0.15, 0.2) is 36.7 Å². The number of hydrogen-bond acceptors (Lipinski definition) is 7. The molecule has 0 unspecified atom stereocenters. The smallest absolute Gasteiger partial charge is 0.340 e. The summed E-state index contributed by atoms with van der Waals surface area (Å²) in [6.45, 7) is 3.33. The number of nitrogens with one attached hydrogen (secondary N) is 2. The Morgan fingerprint density at radius 3 is 2.50 bits per heavy atom. The van der Waals surface area contributed by atoms with E-state index >= 15 is 0 Å². The zero-order valence-corrected chi connectivity index (χ0v) is 15.2. The average molecular weight is 357 g/mol. The number of carbonyl (C=O) groups is 2. The lowest BCUT2D eigenvalue weighted by Crippen LogP contribution is -2.31. The van der Waals surface area contributed by atoms with E-state index in [1.165, 1.54) is 12.4 Å². The molecule has 1 heterocycles. The van der Waals surface area contributed by atoms with Gasteiger partial charge in [-0.2, -0.15) is 0 Å². The summed E-state index contributed by atoms with van der Waals surface area (Å²) in [6.07, 6.45) is 2.88. The van der Waals surface area contributed by atoms with Gasteiger partial charge in [0.25, 0.3) is 5.91 Å². The van der Waals surface area contributed by atoms with Crippen molar-refractivity contribution >= 4 is 23.5 Å². The first-order valence-electron chi connectivity index (χ1n) is 8.29. The highest BCUT2D eigenvalue weighted by atomic mass is 16.5. The number of esters is 1. The van der Waals surface area contributed by atoms with Crippen LogP contribution >= 0.6 is 0 Å². The number of amides is 1. The lowest BCUT2D eigenvalue weighted by atomic mass is 10.2. The molecule has 1 aromatic carbocycles. The van der Waals surface area contributed by atoms with Crippen molar-refractivity contribution < 1.29 is 14.3 Å². The van der Waals surface area contributed by atoms with Crippen LogP contribution < -0.4 is 10.6 Å². The molecule has 0 aliphatic carbocycles. The van der Waals surface area contributed by atoms with Gasteiger partial charge in [0.15, 0.2) is 0 Å². The number of ether oxygens (including phenoxy) is 1. The number of hydrogen-bond donors (Lipinski definition) is 2. The molecular weight excluding hydrogens is 334 g/mol. The molecule has 0 saturated carbocycles. The maximum Gasteiger partial charge on any atom is 0.340 e. The molecule has 138 valence electrons. The Labute approximate surface area is 152 Å². The number of nitrogens with zero attached hydrogens (tertiary/aromatic N) is 3. The second-order valence-corrected chi connectivity index (χ2v) is 5.75.